The van der Waals surface area contributed by atoms with Crippen LogP contribution in [0.1, 0.15) is 38.2 Å². The number of alkyl halides is 1. The zero-order chi connectivity index (χ0) is 15.9. The van der Waals surface area contributed by atoms with E-state index in [1.807, 2.05) is 27.7 Å². The molecule has 0 nitrogen and oxygen atoms in total. The molecule has 1 unspecified atom stereocenters. The molecule has 0 fully saturated rings. The smallest absolute Gasteiger partial charge is 0.194 e. The van der Waals surface area contributed by atoms with E-state index in [1.165, 1.54) is 6.07 Å². The summed E-state index contributed by atoms with van der Waals surface area (Å²) in [4.78, 5) is -0.522. The molecule has 0 saturated carbocycles. The van der Waals surface area contributed by atoms with Crippen LogP contribution in [0.5, 0.6) is 0 Å². The van der Waals surface area contributed by atoms with Crippen molar-refractivity contribution >= 4 is 15.9 Å². The van der Waals surface area contributed by atoms with Gasteiger partial charge in [-0.3, -0.25) is 0 Å². The molecule has 0 radical (unpaired) electrons. The molecule has 0 spiro atoms. The average molecular weight is 357 g/mol. The number of rotatable bonds is 2. The van der Waals surface area contributed by atoms with Crippen LogP contribution in [-0.2, 0) is 0 Å². The van der Waals surface area contributed by atoms with Crippen molar-refractivity contribution < 1.29 is 13.2 Å². The molecular weight excluding hydrogens is 341 g/mol. The van der Waals surface area contributed by atoms with Gasteiger partial charge in [0.15, 0.2) is 17.5 Å². The molecule has 0 saturated heterocycles. The van der Waals surface area contributed by atoms with Gasteiger partial charge in [0.2, 0.25) is 0 Å². The maximum Gasteiger partial charge on any atom is 0.194 e. The molecule has 21 heavy (non-hydrogen) atoms. The minimum Gasteiger partial charge on any atom is -0.204 e. The number of aryl methyl sites for hydroxylation is 2. The van der Waals surface area contributed by atoms with Crippen LogP contribution in [-0.4, -0.2) is 0 Å². The van der Waals surface area contributed by atoms with Gasteiger partial charge in [0.25, 0.3) is 0 Å². The van der Waals surface area contributed by atoms with Crippen LogP contribution in [0.15, 0.2) is 18.2 Å². The maximum absolute atomic E-state index is 14.0. The first-order chi connectivity index (χ1) is 9.75. The van der Waals surface area contributed by atoms with Crippen LogP contribution < -0.4 is 0 Å². The lowest BCUT2D eigenvalue weighted by atomic mass is 9.90. The SMILES string of the molecule is Cc1cc(C)c(C)c(C(Br)c2ccc(F)c(F)c2F)c1C. The second-order valence-electron chi connectivity index (χ2n) is 5.30. The van der Waals surface area contributed by atoms with Gasteiger partial charge in [0.1, 0.15) is 0 Å². The lowest BCUT2D eigenvalue weighted by molar-refractivity contribution is 0.442. The van der Waals surface area contributed by atoms with Crippen molar-refractivity contribution in [1.82, 2.24) is 0 Å². The summed E-state index contributed by atoms with van der Waals surface area (Å²) in [5, 5.41) is 0. The van der Waals surface area contributed by atoms with Gasteiger partial charge in [-0.25, -0.2) is 13.2 Å². The molecule has 1 atom stereocenters. The van der Waals surface area contributed by atoms with Crippen molar-refractivity contribution in [3.05, 3.63) is 69.0 Å². The molecule has 0 amide bonds. The highest BCUT2D eigenvalue weighted by atomic mass is 79.9. The first-order valence-corrected chi connectivity index (χ1v) is 7.52. The number of halogens is 4. The fourth-order valence-electron chi connectivity index (χ4n) is 2.52. The van der Waals surface area contributed by atoms with Gasteiger partial charge in [0.05, 0.1) is 4.83 Å². The lowest BCUT2D eigenvalue weighted by Gasteiger charge is -2.21. The van der Waals surface area contributed by atoms with Crippen LogP contribution in [0, 0.1) is 45.1 Å². The molecule has 4 heteroatoms. The lowest BCUT2D eigenvalue weighted by Crippen LogP contribution is -2.06. The summed E-state index contributed by atoms with van der Waals surface area (Å²) in [6, 6.07) is 4.30. The van der Waals surface area contributed by atoms with Crippen molar-refractivity contribution in [2.45, 2.75) is 32.5 Å². The summed E-state index contributed by atoms with van der Waals surface area (Å²) in [6.45, 7) is 7.85. The van der Waals surface area contributed by atoms with E-state index in [0.29, 0.717) is 0 Å². The fraction of sp³-hybridized carbons (Fsp3) is 0.294. The zero-order valence-electron chi connectivity index (χ0n) is 12.3. The first kappa shape index (κ1) is 16.1. The molecule has 112 valence electrons. The van der Waals surface area contributed by atoms with Crippen molar-refractivity contribution in [3.63, 3.8) is 0 Å². The van der Waals surface area contributed by atoms with Gasteiger partial charge in [-0.2, -0.15) is 0 Å². The Hall–Kier alpha value is -1.29. The van der Waals surface area contributed by atoms with E-state index in [1.54, 1.807) is 0 Å². The third-order valence-corrected chi connectivity index (χ3v) is 4.97. The van der Waals surface area contributed by atoms with Crippen molar-refractivity contribution in [1.29, 1.82) is 0 Å². The third-order valence-electron chi connectivity index (χ3n) is 4.02. The number of hydrogen-bond acceptors (Lipinski definition) is 0. The molecule has 0 heterocycles. The van der Waals surface area contributed by atoms with E-state index in [4.69, 9.17) is 0 Å². The molecule has 0 N–H and O–H groups in total. The molecule has 0 bridgehead atoms. The Kier molecular flexibility index (Phi) is 4.47. The summed E-state index contributed by atoms with van der Waals surface area (Å²) in [7, 11) is 0. The Bertz CT molecular complexity index is 682. The van der Waals surface area contributed by atoms with Gasteiger partial charge >= 0.3 is 0 Å². The predicted molar refractivity (Wildman–Crippen MR) is 82.5 cm³/mol. The van der Waals surface area contributed by atoms with Crippen molar-refractivity contribution in [3.8, 4) is 0 Å². The highest BCUT2D eigenvalue weighted by Crippen LogP contribution is 2.39. The minimum atomic E-state index is -1.43. The Labute approximate surface area is 131 Å². The highest BCUT2D eigenvalue weighted by molar-refractivity contribution is 9.09. The summed E-state index contributed by atoms with van der Waals surface area (Å²) >= 11 is 3.44. The topological polar surface area (TPSA) is 0 Å². The van der Waals surface area contributed by atoms with Crippen molar-refractivity contribution in [2.75, 3.05) is 0 Å². The Balaban J connectivity index is 2.66. The monoisotopic (exact) mass is 356 g/mol. The standard InChI is InChI=1S/C17H16BrF3/c1-8-7-9(2)11(4)14(10(8)3)15(18)12-5-6-13(19)17(21)16(12)20/h5-7,15H,1-4H3. The largest absolute Gasteiger partial charge is 0.204 e. The van der Waals surface area contributed by atoms with E-state index in [0.717, 1.165) is 33.9 Å². The summed E-state index contributed by atoms with van der Waals surface area (Å²) in [5.41, 5.74) is 5.21. The number of hydrogen-bond donors (Lipinski definition) is 0. The maximum atomic E-state index is 14.0. The second-order valence-corrected chi connectivity index (χ2v) is 6.22. The molecule has 0 aromatic heterocycles. The summed E-state index contributed by atoms with van der Waals surface area (Å²) < 4.78 is 40.6. The highest BCUT2D eigenvalue weighted by Gasteiger charge is 2.23. The van der Waals surface area contributed by atoms with E-state index >= 15 is 0 Å². The van der Waals surface area contributed by atoms with Gasteiger partial charge < -0.3 is 0 Å². The number of benzene rings is 2. The first-order valence-electron chi connectivity index (χ1n) is 6.60. The van der Waals surface area contributed by atoms with Gasteiger partial charge in [-0.05, 0) is 61.6 Å². The third kappa shape index (κ3) is 2.73. The minimum absolute atomic E-state index is 0.102. The van der Waals surface area contributed by atoms with Gasteiger partial charge in [-0.15, -0.1) is 0 Å². The molecule has 0 aliphatic rings. The average Bonchev–Trinajstić information content (AvgIpc) is 2.43. The van der Waals surface area contributed by atoms with Crippen LogP contribution >= 0.6 is 15.9 Å². The molecular formula is C17H16BrF3. The quantitative estimate of drug-likeness (QED) is 0.469. The van der Waals surface area contributed by atoms with Gasteiger partial charge in [-0.1, -0.05) is 28.1 Å². The molecule has 2 aromatic rings. The van der Waals surface area contributed by atoms with Crippen molar-refractivity contribution in [2.24, 2.45) is 0 Å². The van der Waals surface area contributed by atoms with E-state index in [-0.39, 0.29) is 5.56 Å². The van der Waals surface area contributed by atoms with E-state index in [9.17, 15) is 13.2 Å². The molecule has 0 aliphatic heterocycles. The molecule has 2 rings (SSSR count). The van der Waals surface area contributed by atoms with Crippen LogP contribution in [0.4, 0.5) is 13.2 Å². The van der Waals surface area contributed by atoms with Crippen LogP contribution in [0.2, 0.25) is 0 Å². The van der Waals surface area contributed by atoms with Crippen LogP contribution in [0.3, 0.4) is 0 Å². The Morgan fingerprint density at radius 3 is 1.90 bits per heavy atom. The van der Waals surface area contributed by atoms with E-state index in [2.05, 4.69) is 22.0 Å². The predicted octanol–water partition coefficient (Wildman–Crippen LogP) is 5.82. The molecule has 0 aliphatic carbocycles. The summed E-state index contributed by atoms with van der Waals surface area (Å²) in [6.07, 6.45) is 0. The summed E-state index contributed by atoms with van der Waals surface area (Å²) in [5.74, 6) is -3.75. The fourth-order valence-corrected chi connectivity index (χ4v) is 3.56. The Morgan fingerprint density at radius 2 is 1.38 bits per heavy atom. The second kappa shape index (κ2) is 5.84. The van der Waals surface area contributed by atoms with E-state index < -0.39 is 22.3 Å². The normalized spacial score (nSPS) is 12.6. The zero-order valence-corrected chi connectivity index (χ0v) is 13.9. The molecule has 2 aromatic carbocycles. The van der Waals surface area contributed by atoms with Crippen LogP contribution in [0.25, 0.3) is 0 Å². The van der Waals surface area contributed by atoms with Gasteiger partial charge in [0, 0.05) is 5.56 Å². The Morgan fingerprint density at radius 1 is 0.857 bits per heavy atom.